The zero-order valence-electron chi connectivity index (χ0n) is 9.74. The quantitative estimate of drug-likeness (QED) is 0.770. The molecule has 1 aromatic heterocycles. The number of carbonyl (C=O) groups excluding carboxylic acids is 1. The normalized spacial score (nSPS) is 10.8. The Morgan fingerprint density at radius 1 is 1.33 bits per heavy atom. The molecule has 0 radical (unpaired) electrons. The third-order valence-electron chi connectivity index (χ3n) is 2.02. The largest absolute Gasteiger partial charge is 0.367 e. The predicted octanol–water partition coefficient (Wildman–Crippen LogP) is 2.74. The van der Waals surface area contributed by atoms with Crippen LogP contribution in [0.4, 0.5) is 5.82 Å². The van der Waals surface area contributed by atoms with Crippen molar-refractivity contribution < 1.29 is 4.79 Å². The summed E-state index contributed by atoms with van der Waals surface area (Å²) in [4.78, 5) is 16.1. The van der Waals surface area contributed by atoms with E-state index in [-0.39, 0.29) is 17.7 Å². The van der Waals surface area contributed by atoms with Crippen LogP contribution in [0.5, 0.6) is 0 Å². The molecule has 0 aromatic carbocycles. The Hall–Kier alpha value is -1.38. The number of ketones is 1. The van der Waals surface area contributed by atoms with Crippen molar-refractivity contribution in [2.24, 2.45) is 5.92 Å². The molecule has 0 aliphatic carbocycles. The fraction of sp³-hybridized carbons (Fsp3) is 0.500. The first kappa shape index (κ1) is 11.7. The minimum Gasteiger partial charge on any atom is -0.367 e. The van der Waals surface area contributed by atoms with Crippen molar-refractivity contribution in [1.82, 2.24) is 4.98 Å². The molecule has 0 saturated heterocycles. The maximum atomic E-state index is 11.9. The number of aromatic nitrogens is 1. The number of hydrogen-bond donors (Lipinski definition) is 1. The highest BCUT2D eigenvalue weighted by Crippen LogP contribution is 2.16. The smallest absolute Gasteiger partial charge is 0.169 e. The highest BCUT2D eigenvalue weighted by molar-refractivity contribution is 6.01. The summed E-state index contributed by atoms with van der Waals surface area (Å²) in [5.41, 5.74) is 0.682. The van der Waals surface area contributed by atoms with Crippen LogP contribution in [-0.4, -0.2) is 16.8 Å². The van der Waals surface area contributed by atoms with Gasteiger partial charge in [0.2, 0.25) is 0 Å². The molecule has 0 aliphatic heterocycles. The Morgan fingerprint density at radius 3 is 2.53 bits per heavy atom. The first-order valence-electron chi connectivity index (χ1n) is 5.28. The van der Waals surface area contributed by atoms with Gasteiger partial charge < -0.3 is 5.32 Å². The molecule has 3 nitrogen and oxygen atoms in total. The third kappa shape index (κ3) is 3.05. The van der Waals surface area contributed by atoms with Crippen LogP contribution in [0.3, 0.4) is 0 Å². The van der Waals surface area contributed by atoms with Crippen LogP contribution in [0.15, 0.2) is 18.3 Å². The molecule has 0 atom stereocenters. The number of hydrogen-bond acceptors (Lipinski definition) is 3. The Morgan fingerprint density at radius 2 is 2.00 bits per heavy atom. The first-order valence-corrected chi connectivity index (χ1v) is 5.28. The van der Waals surface area contributed by atoms with Gasteiger partial charge in [-0.2, -0.15) is 0 Å². The molecule has 0 aliphatic rings. The average Bonchev–Trinajstić information content (AvgIpc) is 2.16. The molecule has 1 rings (SSSR count). The molecule has 15 heavy (non-hydrogen) atoms. The second-order valence-electron chi connectivity index (χ2n) is 4.22. The summed E-state index contributed by atoms with van der Waals surface area (Å²) in [7, 11) is 0. The minimum atomic E-state index is 0.00177. The molecule has 0 amide bonds. The van der Waals surface area contributed by atoms with Crippen molar-refractivity contribution in [3.63, 3.8) is 0 Å². The fourth-order valence-corrected chi connectivity index (χ4v) is 1.30. The van der Waals surface area contributed by atoms with Crippen LogP contribution in [0.1, 0.15) is 38.1 Å². The second kappa shape index (κ2) is 4.91. The lowest BCUT2D eigenvalue weighted by Crippen LogP contribution is -2.17. The molecule has 0 fully saturated rings. The van der Waals surface area contributed by atoms with Gasteiger partial charge in [-0.05, 0) is 26.0 Å². The molecule has 3 heteroatoms. The van der Waals surface area contributed by atoms with Crippen LogP contribution < -0.4 is 5.32 Å². The topological polar surface area (TPSA) is 42.0 Å². The summed E-state index contributed by atoms with van der Waals surface area (Å²) in [5.74, 6) is 0.819. The lowest BCUT2D eigenvalue weighted by atomic mass is 10.0. The van der Waals surface area contributed by atoms with Crippen LogP contribution in [-0.2, 0) is 0 Å². The molecular weight excluding hydrogens is 188 g/mol. The van der Waals surface area contributed by atoms with Gasteiger partial charge in [-0.3, -0.25) is 4.79 Å². The van der Waals surface area contributed by atoms with E-state index in [1.165, 1.54) is 0 Å². The number of pyridine rings is 1. The highest BCUT2D eigenvalue weighted by atomic mass is 16.1. The Balaban J connectivity index is 3.01. The van der Waals surface area contributed by atoms with E-state index in [9.17, 15) is 4.79 Å². The van der Waals surface area contributed by atoms with Crippen LogP contribution in [0, 0.1) is 5.92 Å². The van der Waals surface area contributed by atoms with Crippen molar-refractivity contribution >= 4 is 11.6 Å². The monoisotopic (exact) mass is 206 g/mol. The van der Waals surface area contributed by atoms with E-state index in [0.717, 1.165) is 0 Å². The molecule has 1 aromatic rings. The average molecular weight is 206 g/mol. The van der Waals surface area contributed by atoms with Crippen molar-refractivity contribution in [2.45, 2.75) is 33.7 Å². The fourth-order valence-electron chi connectivity index (χ4n) is 1.30. The van der Waals surface area contributed by atoms with Gasteiger partial charge in [-0.25, -0.2) is 4.98 Å². The summed E-state index contributed by atoms with van der Waals surface area (Å²) >= 11 is 0. The highest BCUT2D eigenvalue weighted by Gasteiger charge is 2.15. The first-order chi connectivity index (χ1) is 7.02. The van der Waals surface area contributed by atoms with Gasteiger partial charge in [-0.15, -0.1) is 0 Å². The van der Waals surface area contributed by atoms with Crippen LogP contribution >= 0.6 is 0 Å². The molecule has 1 heterocycles. The minimum absolute atomic E-state index is 0.00177. The van der Waals surface area contributed by atoms with E-state index in [4.69, 9.17) is 0 Å². The van der Waals surface area contributed by atoms with Crippen molar-refractivity contribution in [2.75, 3.05) is 5.32 Å². The standard InChI is InChI=1S/C12H18N2O/c1-8(2)11(15)10-6-5-7-13-12(10)14-9(3)4/h5-9H,1-4H3,(H,13,14). The number of nitrogens with one attached hydrogen (secondary N) is 1. The summed E-state index contributed by atoms with van der Waals surface area (Å²) in [6.07, 6.45) is 1.70. The lowest BCUT2D eigenvalue weighted by Gasteiger charge is -2.13. The maximum Gasteiger partial charge on any atom is 0.169 e. The number of anilines is 1. The molecule has 0 spiro atoms. The predicted molar refractivity (Wildman–Crippen MR) is 62.2 cm³/mol. The van der Waals surface area contributed by atoms with E-state index in [1.54, 1.807) is 12.3 Å². The Labute approximate surface area is 90.9 Å². The van der Waals surface area contributed by atoms with Crippen LogP contribution in [0.2, 0.25) is 0 Å². The number of rotatable bonds is 4. The number of carbonyl (C=O) groups is 1. The van der Waals surface area contributed by atoms with Crippen molar-refractivity contribution in [3.05, 3.63) is 23.9 Å². The van der Waals surface area contributed by atoms with E-state index in [2.05, 4.69) is 10.3 Å². The molecule has 0 saturated carbocycles. The summed E-state index contributed by atoms with van der Waals surface area (Å²) < 4.78 is 0. The molecule has 82 valence electrons. The van der Waals surface area contributed by atoms with E-state index in [0.29, 0.717) is 11.4 Å². The zero-order chi connectivity index (χ0) is 11.4. The van der Waals surface area contributed by atoms with Gasteiger partial charge in [0.25, 0.3) is 0 Å². The Bertz CT molecular complexity index is 345. The summed E-state index contributed by atoms with van der Waals surface area (Å²) in [6.45, 7) is 7.85. The summed E-state index contributed by atoms with van der Waals surface area (Å²) in [5, 5.41) is 3.18. The van der Waals surface area contributed by atoms with E-state index in [1.807, 2.05) is 33.8 Å². The number of Topliss-reactive ketones (excluding diaryl/α,β-unsaturated/α-hetero) is 1. The Kier molecular flexibility index (Phi) is 3.83. The van der Waals surface area contributed by atoms with E-state index < -0.39 is 0 Å². The number of nitrogens with zero attached hydrogens (tertiary/aromatic N) is 1. The summed E-state index contributed by atoms with van der Waals surface area (Å²) in [6, 6.07) is 3.89. The van der Waals surface area contributed by atoms with Gasteiger partial charge in [-0.1, -0.05) is 13.8 Å². The molecule has 1 N–H and O–H groups in total. The van der Waals surface area contributed by atoms with Gasteiger partial charge in [0.05, 0.1) is 5.56 Å². The third-order valence-corrected chi connectivity index (χ3v) is 2.02. The SMILES string of the molecule is CC(C)Nc1ncccc1C(=O)C(C)C. The lowest BCUT2D eigenvalue weighted by molar-refractivity contribution is 0.0940. The van der Waals surface area contributed by atoms with Crippen molar-refractivity contribution in [3.8, 4) is 0 Å². The van der Waals surface area contributed by atoms with E-state index >= 15 is 0 Å². The van der Waals surface area contributed by atoms with Gasteiger partial charge in [0, 0.05) is 18.2 Å². The van der Waals surface area contributed by atoms with Crippen LogP contribution in [0.25, 0.3) is 0 Å². The molecule has 0 bridgehead atoms. The van der Waals surface area contributed by atoms with Crippen molar-refractivity contribution in [1.29, 1.82) is 0 Å². The maximum absolute atomic E-state index is 11.9. The second-order valence-corrected chi connectivity index (χ2v) is 4.22. The van der Waals surface area contributed by atoms with Gasteiger partial charge >= 0.3 is 0 Å². The van der Waals surface area contributed by atoms with Gasteiger partial charge in [0.15, 0.2) is 5.78 Å². The molecular formula is C12H18N2O. The molecule has 0 unspecified atom stereocenters. The zero-order valence-corrected chi connectivity index (χ0v) is 9.74. The van der Waals surface area contributed by atoms with Gasteiger partial charge in [0.1, 0.15) is 5.82 Å².